The van der Waals surface area contributed by atoms with Gasteiger partial charge >= 0.3 is 0 Å². The van der Waals surface area contributed by atoms with Crippen LogP contribution in [0.15, 0.2) is 182 Å². The van der Waals surface area contributed by atoms with E-state index in [9.17, 15) is 5.11 Å². The zero-order chi connectivity index (χ0) is 61.3. The molecule has 0 aliphatic heterocycles. The number of hydrogen-bond donors (Lipinski definition) is 1. The Morgan fingerprint density at radius 3 is 1.68 bits per heavy atom. The number of imidazole rings is 1. The second-order valence-electron chi connectivity index (χ2n) is 23.0. The van der Waals surface area contributed by atoms with Crippen LogP contribution in [-0.4, -0.2) is 19.6 Å². The molecule has 1 N–H and O–H groups in total. The maximum atomic E-state index is 12.5. The maximum absolute atomic E-state index is 12.5. The van der Waals surface area contributed by atoms with E-state index in [4.69, 9.17) is 22.3 Å². The van der Waals surface area contributed by atoms with Crippen LogP contribution in [-0.2, 0) is 37.3 Å². The SMILES string of the molecule is [2H]C([2H])([2H])C(c1ccc(-c2ccc(-c3ccnc(-c4[c-]c(-c5cccc6c5nc(-c5cc(C(C)C)cc(C(C)C)c5O)n6-c5ccc(C(C)(C)C)cc5-c5ccc(C(C)(C)C)cc5)cc(-c5ccccc5)c4)c3)cc2)cc1)(C([2H])([2H])[2H])C([2H])([2H])[2H].[Pt]. The fourth-order valence-electron chi connectivity index (χ4n) is 10.1. The molecule has 0 spiro atoms. The number of aromatic hydroxyl groups is 1. The fraction of sp³-hybridized carbons (Fsp3) is 0.250. The van der Waals surface area contributed by atoms with Gasteiger partial charge in [0.2, 0.25) is 0 Å². The molecule has 2 heterocycles. The van der Waals surface area contributed by atoms with Crippen LogP contribution in [0.3, 0.4) is 0 Å². The van der Waals surface area contributed by atoms with Crippen LogP contribution in [0.2, 0.25) is 0 Å². The van der Waals surface area contributed by atoms with E-state index in [1.54, 1.807) is 18.3 Å². The Kier molecular flexibility index (Phi) is 12.2. The molecule has 0 saturated carbocycles. The fourth-order valence-corrected chi connectivity index (χ4v) is 10.1. The summed E-state index contributed by atoms with van der Waals surface area (Å²) >= 11 is 0. The van der Waals surface area contributed by atoms with Crippen molar-refractivity contribution in [3.63, 3.8) is 0 Å². The predicted molar refractivity (Wildman–Crippen MR) is 322 cm³/mol. The maximum Gasteiger partial charge on any atom is 0.148 e. The summed E-state index contributed by atoms with van der Waals surface area (Å²) in [6.07, 6.45) is 1.78. The Labute approximate surface area is 485 Å². The van der Waals surface area contributed by atoms with E-state index in [-0.39, 0.29) is 55.0 Å². The minimum absolute atomic E-state index is 0. The number of phenols is 1. The smallest absolute Gasteiger partial charge is 0.148 e. The van der Waals surface area contributed by atoms with Gasteiger partial charge < -0.3 is 5.11 Å². The van der Waals surface area contributed by atoms with Gasteiger partial charge in [-0.05, 0) is 120 Å². The molecule has 0 aliphatic carbocycles. The third-order valence-corrected chi connectivity index (χ3v) is 14.7. The zero-order valence-electron chi connectivity index (χ0n) is 54.6. The molecule has 0 saturated heterocycles. The third kappa shape index (κ3) is 11.2. The number of aromatic nitrogens is 3. The van der Waals surface area contributed by atoms with Crippen molar-refractivity contribution in [1.82, 2.24) is 14.5 Å². The Bertz CT molecular complexity index is 4060. The van der Waals surface area contributed by atoms with Crippen molar-refractivity contribution in [2.75, 3.05) is 0 Å². The Balaban J connectivity index is 0.00000884. The van der Waals surface area contributed by atoms with E-state index in [1.807, 2.05) is 54.6 Å². The van der Waals surface area contributed by atoms with Crippen molar-refractivity contribution in [1.29, 1.82) is 0 Å². The van der Waals surface area contributed by atoms with Gasteiger partial charge in [0.25, 0.3) is 0 Å². The standard InChI is InChI=1S/C72H72N3O.Pt/c1-45(2)53-41-61(46(3)4)68(76)63(42-53)69-74-67-60(20-17-21-66(67)75(69)65-35-34-59(72(11,12)13)44-62(65)51-28-32-58(33-29-51)71(8,9)10)55-38-54(47-18-15-14-16-19-47)39-56(40-55)64-43-52(36-37-73-64)50-24-22-48(23-25-50)49-26-30-57(31-27-49)70(5,6)7;/h14-39,41-46,76H,1-13H3;/q-1;/i5D3,6D3,7D3;. The molecule has 0 radical (unpaired) electrons. The summed E-state index contributed by atoms with van der Waals surface area (Å²) in [6.45, 7) is 11.9. The van der Waals surface area contributed by atoms with E-state index >= 15 is 0 Å². The van der Waals surface area contributed by atoms with Crippen LogP contribution in [0.1, 0.15) is 142 Å². The summed E-state index contributed by atoms with van der Waals surface area (Å²) in [7, 11) is 0. The molecule has 0 unspecified atom stereocenters. The Morgan fingerprint density at radius 1 is 0.494 bits per heavy atom. The quantitative estimate of drug-likeness (QED) is 0.139. The van der Waals surface area contributed by atoms with Crippen LogP contribution < -0.4 is 0 Å². The first-order chi connectivity index (χ1) is 39.9. The van der Waals surface area contributed by atoms with Crippen LogP contribution >= 0.6 is 0 Å². The second-order valence-corrected chi connectivity index (χ2v) is 23.0. The predicted octanol–water partition coefficient (Wildman–Crippen LogP) is 19.7. The molecule has 4 nitrogen and oxygen atoms in total. The molecule has 77 heavy (non-hydrogen) atoms. The number of pyridine rings is 1. The summed E-state index contributed by atoms with van der Waals surface area (Å²) in [5, 5.41) is 12.5. The zero-order valence-corrected chi connectivity index (χ0v) is 47.9. The van der Waals surface area contributed by atoms with Crippen LogP contribution in [0, 0.1) is 6.07 Å². The van der Waals surface area contributed by atoms with Crippen LogP contribution in [0.4, 0.5) is 0 Å². The molecule has 10 aromatic rings. The largest absolute Gasteiger partial charge is 0.507 e. The third-order valence-electron chi connectivity index (χ3n) is 14.7. The number of benzene rings is 8. The van der Waals surface area contributed by atoms with Crippen LogP contribution in [0.5, 0.6) is 5.75 Å². The summed E-state index contributed by atoms with van der Waals surface area (Å²) in [4.78, 5) is 10.6. The van der Waals surface area contributed by atoms with Crippen molar-refractivity contribution >= 4 is 11.0 Å². The van der Waals surface area contributed by atoms with Gasteiger partial charge in [0, 0.05) is 50.9 Å². The number of fused-ring (bicyclic) bond motifs is 1. The van der Waals surface area contributed by atoms with E-state index in [0.29, 0.717) is 22.6 Å². The first-order valence-corrected chi connectivity index (χ1v) is 26.3. The van der Waals surface area contributed by atoms with E-state index in [0.717, 1.165) is 83.5 Å². The molecule has 5 heteroatoms. The van der Waals surface area contributed by atoms with Gasteiger partial charge in [0.15, 0.2) is 0 Å². The first kappa shape index (κ1) is 43.9. The molecule has 0 atom stereocenters. The van der Waals surface area contributed by atoms with Gasteiger partial charge in [-0.3, -0.25) is 9.55 Å². The molecular formula is C72H72N3OPt-. The van der Waals surface area contributed by atoms with Crippen LogP contribution in [0.25, 0.3) is 95.0 Å². The van der Waals surface area contributed by atoms with E-state index in [1.165, 1.54) is 23.3 Å². The van der Waals surface area contributed by atoms with Crippen molar-refractivity contribution in [2.45, 2.75) is 118 Å². The van der Waals surface area contributed by atoms with Gasteiger partial charge in [-0.2, -0.15) is 0 Å². The number of phenolic OH excluding ortho intramolecular Hbond substituents is 1. The number of para-hydroxylation sites is 1. The van der Waals surface area contributed by atoms with Gasteiger partial charge in [0.1, 0.15) is 11.6 Å². The molecule has 0 aliphatic rings. The number of rotatable bonds is 10. The Hall–Kier alpha value is -7.13. The Morgan fingerprint density at radius 2 is 1.06 bits per heavy atom. The molecule has 0 bridgehead atoms. The van der Waals surface area contributed by atoms with Gasteiger partial charge in [-0.15, -0.1) is 23.8 Å². The van der Waals surface area contributed by atoms with Gasteiger partial charge in [0.05, 0.1) is 22.3 Å². The topological polar surface area (TPSA) is 50.9 Å². The van der Waals surface area contributed by atoms with E-state index < -0.39 is 26.0 Å². The monoisotopic (exact) mass is 1200 g/mol. The van der Waals surface area contributed by atoms with Crippen molar-refractivity contribution in [3.8, 4) is 89.7 Å². The summed E-state index contributed by atoms with van der Waals surface area (Å²) in [6, 6.07) is 62.0. The van der Waals surface area contributed by atoms with Crippen molar-refractivity contribution in [3.05, 3.63) is 216 Å². The molecule has 2 aromatic heterocycles. The molecular weight excluding hydrogens is 1120 g/mol. The minimum Gasteiger partial charge on any atom is -0.507 e. The average molecular weight is 1200 g/mol. The van der Waals surface area contributed by atoms with Gasteiger partial charge in [-0.25, -0.2) is 4.98 Å². The normalized spacial score (nSPS) is 14.4. The molecule has 10 rings (SSSR count). The summed E-state index contributed by atoms with van der Waals surface area (Å²) in [5.74, 6) is 1.04. The average Bonchev–Trinajstić information content (AvgIpc) is 0.820. The minimum atomic E-state index is -3.35. The second kappa shape index (κ2) is 21.4. The van der Waals surface area contributed by atoms with E-state index in [2.05, 4.69) is 177 Å². The first-order valence-electron chi connectivity index (χ1n) is 30.8. The molecule has 0 fully saturated rings. The summed E-state index contributed by atoms with van der Waals surface area (Å²) < 4.78 is 75.7. The molecule has 0 amide bonds. The summed E-state index contributed by atoms with van der Waals surface area (Å²) in [5.41, 5.74) is 14.4. The number of hydrogen-bond acceptors (Lipinski definition) is 3. The van der Waals surface area contributed by atoms with Crippen molar-refractivity contribution in [2.24, 2.45) is 0 Å². The molecule has 392 valence electrons. The van der Waals surface area contributed by atoms with Gasteiger partial charge in [-0.1, -0.05) is 240 Å². The molecule has 8 aromatic carbocycles. The van der Waals surface area contributed by atoms with Crippen molar-refractivity contribution < 1.29 is 38.5 Å². The number of nitrogens with zero attached hydrogens (tertiary/aromatic N) is 3.